The Morgan fingerprint density at radius 1 is 1.30 bits per heavy atom. The fourth-order valence-electron chi connectivity index (χ4n) is 2.72. The van der Waals surface area contributed by atoms with Crippen LogP contribution < -0.4 is 5.32 Å². The van der Waals surface area contributed by atoms with Gasteiger partial charge in [0.25, 0.3) is 0 Å². The summed E-state index contributed by atoms with van der Waals surface area (Å²) < 4.78 is 28.0. The van der Waals surface area contributed by atoms with Gasteiger partial charge in [-0.3, -0.25) is 4.79 Å². The fourth-order valence-corrected chi connectivity index (χ4v) is 5.48. The van der Waals surface area contributed by atoms with E-state index in [1.165, 1.54) is 33.5 Å². The zero-order chi connectivity index (χ0) is 19.3. The Kier molecular flexibility index (Phi) is 6.82. The van der Waals surface area contributed by atoms with Gasteiger partial charge in [-0.1, -0.05) is 36.1 Å². The molecule has 0 unspecified atom stereocenters. The summed E-state index contributed by atoms with van der Waals surface area (Å²) in [6.45, 7) is 5.41. The minimum Gasteiger partial charge on any atom is -0.325 e. The number of thioether (sulfide) groups is 1. The van der Waals surface area contributed by atoms with E-state index in [1.54, 1.807) is 23.7 Å². The van der Waals surface area contributed by atoms with Crippen LogP contribution in [0.15, 0.2) is 39.0 Å². The number of piperazine rings is 1. The molecule has 1 aliphatic rings. The Bertz CT molecular complexity index is 865. The van der Waals surface area contributed by atoms with Crippen LogP contribution in [0.5, 0.6) is 0 Å². The number of nitrogens with one attached hydrogen (secondary N) is 1. The monoisotopic (exact) mass is 427 g/mol. The molecule has 0 saturated carbocycles. The van der Waals surface area contributed by atoms with Crippen molar-refractivity contribution in [3.63, 3.8) is 0 Å². The number of sulfonamides is 1. The highest BCUT2D eigenvalue weighted by atomic mass is 32.2. The molecule has 1 fully saturated rings. The quantitative estimate of drug-likeness (QED) is 0.671. The number of likely N-dealkylation sites (N-methyl/N-ethyl adjacent to an activating group) is 1. The van der Waals surface area contributed by atoms with E-state index in [1.807, 2.05) is 0 Å². The van der Waals surface area contributed by atoms with Crippen molar-refractivity contribution in [3.05, 3.63) is 29.8 Å². The smallest absolute Gasteiger partial charge is 0.243 e. The molecule has 1 aromatic heterocycles. The van der Waals surface area contributed by atoms with Gasteiger partial charge in [0.1, 0.15) is 5.51 Å². The second-order valence-electron chi connectivity index (χ2n) is 5.91. The number of benzene rings is 1. The van der Waals surface area contributed by atoms with Crippen LogP contribution >= 0.6 is 23.1 Å². The molecule has 11 heteroatoms. The summed E-state index contributed by atoms with van der Waals surface area (Å²) in [6.07, 6.45) is 0. The molecule has 1 aliphatic heterocycles. The summed E-state index contributed by atoms with van der Waals surface area (Å²) >= 11 is 2.66. The van der Waals surface area contributed by atoms with Gasteiger partial charge in [-0.05, 0) is 24.7 Å². The average Bonchev–Trinajstić information content (AvgIpc) is 3.20. The summed E-state index contributed by atoms with van der Waals surface area (Å²) in [4.78, 5) is 14.5. The third kappa shape index (κ3) is 5.26. The molecule has 0 atom stereocenters. The number of rotatable bonds is 7. The van der Waals surface area contributed by atoms with Crippen molar-refractivity contribution >= 4 is 44.7 Å². The Balaban J connectivity index is 1.63. The van der Waals surface area contributed by atoms with E-state index in [2.05, 4.69) is 27.3 Å². The van der Waals surface area contributed by atoms with Gasteiger partial charge in [-0.2, -0.15) is 4.31 Å². The first-order valence-corrected chi connectivity index (χ1v) is 11.8. The van der Waals surface area contributed by atoms with E-state index >= 15 is 0 Å². The van der Waals surface area contributed by atoms with Gasteiger partial charge in [-0.25, -0.2) is 8.42 Å². The number of carbonyl (C=O) groups excluding carboxylic acids is 1. The van der Waals surface area contributed by atoms with Crippen molar-refractivity contribution < 1.29 is 13.2 Å². The molecule has 2 aromatic rings. The molecule has 2 heterocycles. The molecule has 8 nitrogen and oxygen atoms in total. The number of nitrogens with zero attached hydrogens (tertiary/aromatic N) is 4. The average molecular weight is 428 g/mol. The van der Waals surface area contributed by atoms with Gasteiger partial charge in [0, 0.05) is 31.9 Å². The highest BCUT2D eigenvalue weighted by Crippen LogP contribution is 2.22. The Morgan fingerprint density at radius 3 is 2.74 bits per heavy atom. The van der Waals surface area contributed by atoms with Crippen LogP contribution in [0.3, 0.4) is 0 Å². The molecule has 0 radical (unpaired) electrons. The van der Waals surface area contributed by atoms with Gasteiger partial charge < -0.3 is 10.2 Å². The van der Waals surface area contributed by atoms with Crippen LogP contribution in [0, 0.1) is 0 Å². The van der Waals surface area contributed by atoms with Crippen LogP contribution in [0.4, 0.5) is 5.69 Å². The maximum Gasteiger partial charge on any atom is 0.243 e. The molecule has 146 valence electrons. The first-order valence-electron chi connectivity index (χ1n) is 8.50. The zero-order valence-electron chi connectivity index (χ0n) is 14.9. The molecule has 0 spiro atoms. The van der Waals surface area contributed by atoms with E-state index in [0.717, 1.165) is 19.6 Å². The first kappa shape index (κ1) is 20.2. The van der Waals surface area contributed by atoms with Gasteiger partial charge >= 0.3 is 0 Å². The molecule has 1 saturated heterocycles. The fraction of sp³-hybridized carbons (Fsp3) is 0.438. The zero-order valence-corrected chi connectivity index (χ0v) is 17.3. The van der Waals surface area contributed by atoms with Crippen molar-refractivity contribution in [3.8, 4) is 0 Å². The van der Waals surface area contributed by atoms with Gasteiger partial charge in [0.2, 0.25) is 15.9 Å². The van der Waals surface area contributed by atoms with Crippen LogP contribution in [0.25, 0.3) is 0 Å². The van der Waals surface area contributed by atoms with Crippen molar-refractivity contribution in [2.45, 2.75) is 16.2 Å². The lowest BCUT2D eigenvalue weighted by molar-refractivity contribution is -0.113. The summed E-state index contributed by atoms with van der Waals surface area (Å²) in [7, 11) is -3.57. The van der Waals surface area contributed by atoms with E-state index in [4.69, 9.17) is 0 Å². The standard InChI is InChI=1S/C16H21N5O3S3/c1-2-20-6-8-21(9-7-20)27(23,24)14-5-3-4-13(10-14)18-15(22)11-25-16-19-17-12-26-16/h3-5,10,12H,2,6-9,11H2,1H3,(H,18,22). The molecule has 27 heavy (non-hydrogen) atoms. The second kappa shape index (κ2) is 9.11. The van der Waals surface area contributed by atoms with Crippen molar-refractivity contribution in [1.29, 1.82) is 0 Å². The lowest BCUT2D eigenvalue weighted by atomic mass is 10.3. The summed E-state index contributed by atoms with van der Waals surface area (Å²) in [5.41, 5.74) is 2.07. The van der Waals surface area contributed by atoms with E-state index < -0.39 is 10.0 Å². The highest BCUT2D eigenvalue weighted by Gasteiger charge is 2.28. The Morgan fingerprint density at radius 2 is 2.07 bits per heavy atom. The molecular formula is C16H21N5O3S3. The van der Waals surface area contributed by atoms with Crippen LogP contribution in [0.2, 0.25) is 0 Å². The largest absolute Gasteiger partial charge is 0.325 e. The van der Waals surface area contributed by atoms with E-state index in [9.17, 15) is 13.2 Å². The summed E-state index contributed by atoms with van der Waals surface area (Å²) in [5.74, 6) is -0.0353. The molecule has 1 aromatic carbocycles. The summed E-state index contributed by atoms with van der Waals surface area (Å²) in [6, 6.07) is 6.40. The lowest BCUT2D eigenvalue weighted by Crippen LogP contribution is -2.48. The molecule has 1 N–H and O–H groups in total. The predicted octanol–water partition coefficient (Wildman–Crippen LogP) is 1.60. The molecule has 1 amide bonds. The van der Waals surface area contributed by atoms with Crippen LogP contribution in [0.1, 0.15) is 6.92 Å². The molecular weight excluding hydrogens is 406 g/mol. The van der Waals surface area contributed by atoms with E-state index in [0.29, 0.717) is 23.1 Å². The Labute approximate surface area is 167 Å². The first-order chi connectivity index (χ1) is 13.0. The van der Waals surface area contributed by atoms with Crippen molar-refractivity contribution in [1.82, 2.24) is 19.4 Å². The van der Waals surface area contributed by atoms with E-state index in [-0.39, 0.29) is 16.6 Å². The van der Waals surface area contributed by atoms with Crippen molar-refractivity contribution in [2.75, 3.05) is 43.8 Å². The van der Waals surface area contributed by atoms with Crippen LogP contribution in [-0.4, -0.2) is 72.2 Å². The highest BCUT2D eigenvalue weighted by molar-refractivity contribution is 8.01. The van der Waals surface area contributed by atoms with Gasteiger partial charge in [0.05, 0.1) is 10.6 Å². The molecule has 0 aliphatic carbocycles. The number of anilines is 1. The maximum absolute atomic E-state index is 12.9. The van der Waals surface area contributed by atoms with Gasteiger partial charge in [-0.15, -0.1) is 10.2 Å². The van der Waals surface area contributed by atoms with Gasteiger partial charge in [0.15, 0.2) is 4.34 Å². The number of aromatic nitrogens is 2. The molecule has 3 rings (SSSR count). The molecule has 0 bridgehead atoms. The van der Waals surface area contributed by atoms with Crippen molar-refractivity contribution in [2.24, 2.45) is 0 Å². The third-order valence-electron chi connectivity index (χ3n) is 4.20. The normalized spacial score (nSPS) is 16.3. The van der Waals surface area contributed by atoms with Crippen LogP contribution in [-0.2, 0) is 14.8 Å². The Hall–Kier alpha value is -1.53. The second-order valence-corrected chi connectivity index (χ2v) is 9.90. The third-order valence-corrected chi connectivity index (χ3v) is 7.96. The number of hydrogen-bond acceptors (Lipinski definition) is 8. The minimum atomic E-state index is -3.57. The predicted molar refractivity (Wildman–Crippen MR) is 107 cm³/mol. The number of amides is 1. The maximum atomic E-state index is 12.9. The SMILES string of the molecule is CCN1CCN(S(=O)(=O)c2cccc(NC(=O)CSc3nncs3)c2)CC1. The minimum absolute atomic E-state index is 0.186. The summed E-state index contributed by atoms with van der Waals surface area (Å²) in [5, 5.41) is 10.3. The topological polar surface area (TPSA) is 95.5 Å². The lowest BCUT2D eigenvalue weighted by Gasteiger charge is -2.33. The number of carbonyl (C=O) groups is 1. The number of hydrogen-bond donors (Lipinski definition) is 1.